The average molecular weight is 81.1 g/mol. The molecule has 0 saturated carbocycles. The van der Waals surface area contributed by atoms with E-state index in [9.17, 15) is 0 Å². The number of allylic oxidation sites excluding steroid dienone is 1. The van der Waals surface area contributed by atoms with Crippen LogP contribution in [0.3, 0.4) is 0 Å². The molecule has 2 heteroatoms. The lowest BCUT2D eigenvalue weighted by Crippen LogP contribution is -1.64. The summed E-state index contributed by atoms with van der Waals surface area (Å²) in [5.41, 5.74) is 6.86. The van der Waals surface area contributed by atoms with Crippen molar-refractivity contribution in [2.45, 2.75) is 6.92 Å². The van der Waals surface area contributed by atoms with Gasteiger partial charge in [-0.05, 0) is 6.92 Å². The molecular formula is C4H5N2. The third-order valence-electron chi connectivity index (χ3n) is 0.393. The van der Waals surface area contributed by atoms with Gasteiger partial charge in [0, 0.05) is 11.8 Å². The second kappa shape index (κ2) is 2.28. The van der Waals surface area contributed by atoms with Gasteiger partial charge in [0.1, 0.15) is 0 Å². The zero-order chi connectivity index (χ0) is 4.99. The summed E-state index contributed by atoms with van der Waals surface area (Å²) in [6, 6.07) is 1.79. The van der Waals surface area contributed by atoms with Crippen molar-refractivity contribution in [2.75, 3.05) is 0 Å². The molecule has 1 radical (unpaired) electrons. The molecule has 0 aromatic heterocycles. The van der Waals surface area contributed by atoms with Crippen molar-refractivity contribution in [3.05, 3.63) is 11.8 Å². The molecule has 0 heterocycles. The number of nitrogens with zero attached hydrogens (tertiary/aromatic N) is 1. The molecule has 0 aliphatic carbocycles. The van der Waals surface area contributed by atoms with Crippen LogP contribution in [0, 0.1) is 11.3 Å². The lowest BCUT2D eigenvalue weighted by atomic mass is 10.4. The molecule has 0 aromatic carbocycles. The molecule has 0 aromatic rings. The molecular weight excluding hydrogens is 76.1 g/mol. The van der Waals surface area contributed by atoms with E-state index in [-0.39, 0.29) is 0 Å². The summed E-state index contributed by atoms with van der Waals surface area (Å²) in [5, 5.41) is 7.90. The lowest BCUT2D eigenvalue weighted by molar-refractivity contribution is 1.38. The number of rotatable bonds is 0. The highest BCUT2D eigenvalue weighted by Gasteiger charge is 1.72. The van der Waals surface area contributed by atoms with E-state index in [2.05, 4.69) is 0 Å². The van der Waals surface area contributed by atoms with E-state index in [0.717, 1.165) is 6.20 Å². The Morgan fingerprint density at radius 3 is 2.50 bits per heavy atom. The van der Waals surface area contributed by atoms with Crippen molar-refractivity contribution in [3.8, 4) is 6.07 Å². The van der Waals surface area contributed by atoms with Crippen molar-refractivity contribution in [2.24, 2.45) is 0 Å². The Morgan fingerprint density at radius 1 is 2.00 bits per heavy atom. The van der Waals surface area contributed by atoms with Crippen molar-refractivity contribution < 1.29 is 0 Å². The molecule has 0 amide bonds. The van der Waals surface area contributed by atoms with Gasteiger partial charge in [-0.2, -0.15) is 5.26 Å². The van der Waals surface area contributed by atoms with Crippen molar-refractivity contribution in [1.82, 2.24) is 5.73 Å². The summed E-state index contributed by atoms with van der Waals surface area (Å²) in [6.07, 6.45) is 1.03. The van der Waals surface area contributed by atoms with Crippen molar-refractivity contribution >= 4 is 0 Å². The number of hydrogen-bond donors (Lipinski definition) is 0. The SMILES string of the molecule is C/C(C#N)=C/[NH]. The van der Waals surface area contributed by atoms with Crippen LogP contribution in [-0.4, -0.2) is 0 Å². The fourth-order valence-corrected chi connectivity index (χ4v) is 0.0323. The van der Waals surface area contributed by atoms with Gasteiger partial charge in [-0.3, -0.25) is 0 Å². The summed E-state index contributed by atoms with van der Waals surface area (Å²) < 4.78 is 0. The van der Waals surface area contributed by atoms with Gasteiger partial charge in [-0.25, -0.2) is 0 Å². The van der Waals surface area contributed by atoms with Crippen LogP contribution in [0.1, 0.15) is 6.92 Å². The first kappa shape index (κ1) is 5.03. The van der Waals surface area contributed by atoms with Gasteiger partial charge in [0.05, 0.1) is 6.07 Å². The van der Waals surface area contributed by atoms with Gasteiger partial charge in [0.2, 0.25) is 0 Å². The molecule has 0 aliphatic heterocycles. The number of nitrogens with one attached hydrogen (secondary N) is 1. The molecule has 0 fully saturated rings. The zero-order valence-electron chi connectivity index (χ0n) is 3.52. The fraction of sp³-hybridized carbons (Fsp3) is 0.250. The first-order chi connectivity index (χ1) is 2.81. The fourth-order valence-electron chi connectivity index (χ4n) is 0.0323. The molecule has 2 nitrogen and oxygen atoms in total. The minimum atomic E-state index is 0.440. The zero-order valence-corrected chi connectivity index (χ0v) is 3.52. The molecule has 6 heavy (non-hydrogen) atoms. The summed E-state index contributed by atoms with van der Waals surface area (Å²) >= 11 is 0. The number of hydrogen-bond acceptors (Lipinski definition) is 1. The van der Waals surface area contributed by atoms with Gasteiger partial charge in [-0.15, -0.1) is 0 Å². The second-order valence-corrected chi connectivity index (χ2v) is 0.939. The predicted molar refractivity (Wildman–Crippen MR) is 22.5 cm³/mol. The summed E-state index contributed by atoms with van der Waals surface area (Å²) in [7, 11) is 0. The minimum Gasteiger partial charge on any atom is -0.308 e. The van der Waals surface area contributed by atoms with Gasteiger partial charge >= 0.3 is 0 Å². The Balaban J connectivity index is 3.61. The summed E-state index contributed by atoms with van der Waals surface area (Å²) in [6.45, 7) is 1.59. The Bertz CT molecular complexity index is 96.6. The Hall–Kier alpha value is -0.970. The van der Waals surface area contributed by atoms with E-state index in [0.29, 0.717) is 5.57 Å². The number of nitriles is 1. The van der Waals surface area contributed by atoms with E-state index in [1.165, 1.54) is 0 Å². The summed E-state index contributed by atoms with van der Waals surface area (Å²) in [5.74, 6) is 0. The largest absolute Gasteiger partial charge is 0.308 e. The lowest BCUT2D eigenvalue weighted by Gasteiger charge is -1.69. The third-order valence-corrected chi connectivity index (χ3v) is 0.393. The highest BCUT2D eigenvalue weighted by Crippen LogP contribution is 1.80. The van der Waals surface area contributed by atoms with Gasteiger partial charge < -0.3 is 5.73 Å². The molecule has 1 N–H and O–H groups in total. The molecule has 0 unspecified atom stereocenters. The van der Waals surface area contributed by atoms with Gasteiger partial charge in [-0.1, -0.05) is 0 Å². The smallest absolute Gasteiger partial charge is 0.0960 e. The monoisotopic (exact) mass is 81.0 g/mol. The first-order valence-corrected chi connectivity index (χ1v) is 1.55. The minimum absolute atomic E-state index is 0.440. The first-order valence-electron chi connectivity index (χ1n) is 1.55. The molecule has 0 bridgehead atoms. The van der Waals surface area contributed by atoms with Crippen LogP contribution in [0.4, 0.5) is 0 Å². The predicted octanol–water partition coefficient (Wildman–Crippen LogP) is 0.697. The quantitative estimate of drug-likeness (QED) is 0.396. The molecule has 0 aliphatic rings. The van der Waals surface area contributed by atoms with Crippen LogP contribution in [0.2, 0.25) is 0 Å². The van der Waals surface area contributed by atoms with Crippen molar-refractivity contribution in [1.29, 1.82) is 5.26 Å². The van der Waals surface area contributed by atoms with Gasteiger partial charge in [0.15, 0.2) is 0 Å². The maximum Gasteiger partial charge on any atom is 0.0960 e. The molecule has 0 atom stereocenters. The average Bonchev–Trinajstić information content (AvgIpc) is 1.65. The molecule has 0 saturated heterocycles. The Morgan fingerprint density at radius 2 is 2.50 bits per heavy atom. The van der Waals surface area contributed by atoms with Crippen LogP contribution in [0.15, 0.2) is 11.8 Å². The van der Waals surface area contributed by atoms with Gasteiger partial charge in [0.25, 0.3) is 0 Å². The molecule has 0 rings (SSSR count). The van der Waals surface area contributed by atoms with Crippen molar-refractivity contribution in [3.63, 3.8) is 0 Å². The molecule has 31 valence electrons. The maximum absolute atomic E-state index is 7.90. The highest BCUT2D eigenvalue weighted by molar-refractivity contribution is 5.14. The van der Waals surface area contributed by atoms with Crippen LogP contribution in [0.25, 0.3) is 0 Å². The third kappa shape index (κ3) is 1.36. The topological polar surface area (TPSA) is 47.6 Å². The van der Waals surface area contributed by atoms with Crippen LogP contribution in [-0.2, 0) is 0 Å². The second-order valence-electron chi connectivity index (χ2n) is 0.939. The van der Waals surface area contributed by atoms with E-state index >= 15 is 0 Å². The Kier molecular flexibility index (Phi) is 1.91. The van der Waals surface area contributed by atoms with Crippen LogP contribution in [0.5, 0.6) is 0 Å². The summed E-state index contributed by atoms with van der Waals surface area (Å²) in [4.78, 5) is 0. The Labute approximate surface area is 36.9 Å². The van der Waals surface area contributed by atoms with E-state index < -0.39 is 0 Å². The van der Waals surface area contributed by atoms with E-state index in [1.54, 1.807) is 13.0 Å². The standard InChI is InChI=1S/C4H5N2/c1-4(2-5)3-6/h2,5H,1H3/b4-2-. The van der Waals surface area contributed by atoms with Crippen LogP contribution >= 0.6 is 0 Å². The normalized spacial score (nSPS) is 10.3. The van der Waals surface area contributed by atoms with E-state index in [4.69, 9.17) is 11.0 Å². The molecule has 0 spiro atoms. The maximum atomic E-state index is 7.90. The highest BCUT2D eigenvalue weighted by atomic mass is 14.5. The van der Waals surface area contributed by atoms with E-state index in [1.807, 2.05) is 0 Å². The van der Waals surface area contributed by atoms with Crippen LogP contribution < -0.4 is 5.73 Å².